The van der Waals surface area contributed by atoms with Crippen molar-refractivity contribution < 1.29 is 51.6 Å². The zero-order valence-corrected chi connectivity index (χ0v) is 32.1. The van der Waals surface area contributed by atoms with E-state index in [1.165, 1.54) is 39.2 Å². The smallest absolute Gasteiger partial charge is 0.416 e. The van der Waals surface area contributed by atoms with Crippen LogP contribution in [0.15, 0.2) is 36.4 Å². The predicted molar refractivity (Wildman–Crippen MR) is 199 cm³/mol. The summed E-state index contributed by atoms with van der Waals surface area (Å²) in [6.45, 7) is 6.18. The molecule has 0 saturated carbocycles. The normalized spacial score (nSPS) is 22.8. The Kier molecular flexibility index (Phi) is 10.3. The van der Waals surface area contributed by atoms with Gasteiger partial charge in [0.1, 0.15) is 17.8 Å². The molecule has 1 fully saturated rings. The number of fused-ring (bicyclic) bond motifs is 9. The van der Waals surface area contributed by atoms with E-state index in [2.05, 4.69) is 21.6 Å². The second-order valence-electron chi connectivity index (χ2n) is 14.8. The van der Waals surface area contributed by atoms with Gasteiger partial charge in [0.15, 0.2) is 23.0 Å². The third kappa shape index (κ3) is 6.88. The van der Waals surface area contributed by atoms with E-state index in [0.717, 1.165) is 29.3 Å². The number of likely N-dealkylation sites (N-methyl/N-ethyl adjacent to an activating group) is 1. The molecule has 2 bridgehead atoms. The highest BCUT2D eigenvalue weighted by molar-refractivity contribution is 5.95. The van der Waals surface area contributed by atoms with Crippen molar-refractivity contribution in [2.75, 3.05) is 27.5 Å². The minimum Gasteiger partial charge on any atom is -0.504 e. The summed E-state index contributed by atoms with van der Waals surface area (Å²) in [5, 5.41) is 28.1. The van der Waals surface area contributed by atoms with Gasteiger partial charge in [-0.05, 0) is 75.6 Å². The largest absolute Gasteiger partial charge is 0.504 e. The van der Waals surface area contributed by atoms with E-state index < -0.39 is 59.7 Å². The van der Waals surface area contributed by atoms with Gasteiger partial charge >= 0.3 is 12.1 Å². The lowest BCUT2D eigenvalue weighted by Gasteiger charge is -2.60. The summed E-state index contributed by atoms with van der Waals surface area (Å²) < 4.78 is 63.0. The van der Waals surface area contributed by atoms with Crippen molar-refractivity contribution in [3.05, 3.63) is 80.9 Å². The van der Waals surface area contributed by atoms with Crippen molar-refractivity contribution in [2.24, 2.45) is 0 Å². The minimum atomic E-state index is -4.55. The number of esters is 1. The average molecular weight is 790 g/mol. The highest BCUT2D eigenvalue weighted by Crippen LogP contribution is 2.58. The van der Waals surface area contributed by atoms with Crippen molar-refractivity contribution in [3.63, 3.8) is 0 Å². The molecule has 6 atom stereocenters. The molecular formula is C41H42F3N5O8. The fourth-order valence-corrected chi connectivity index (χ4v) is 8.98. The second-order valence-corrected chi connectivity index (χ2v) is 14.8. The Hall–Kier alpha value is -5.79. The maximum Gasteiger partial charge on any atom is 0.416 e. The molecule has 3 N–H and O–H groups in total. The van der Waals surface area contributed by atoms with Crippen LogP contribution in [0.5, 0.6) is 28.7 Å². The van der Waals surface area contributed by atoms with Gasteiger partial charge in [-0.3, -0.25) is 24.2 Å². The molecule has 1 unspecified atom stereocenters. The number of halogens is 3. The number of phenolic OH excluding ortho intramolecular Hbond substituents is 1. The van der Waals surface area contributed by atoms with Crippen LogP contribution in [0.3, 0.4) is 0 Å². The third-order valence-corrected chi connectivity index (χ3v) is 11.4. The predicted octanol–water partition coefficient (Wildman–Crippen LogP) is 4.80. The molecule has 0 aromatic heterocycles. The maximum absolute atomic E-state index is 13.7. The lowest BCUT2D eigenvalue weighted by molar-refractivity contribution is -0.137. The number of hydrogen-bond donors (Lipinski definition) is 3. The molecule has 4 aliphatic heterocycles. The van der Waals surface area contributed by atoms with Gasteiger partial charge in [-0.15, -0.1) is 0 Å². The number of hydrogen-bond acceptors (Lipinski definition) is 11. The quantitative estimate of drug-likeness (QED) is 0.163. The summed E-state index contributed by atoms with van der Waals surface area (Å²) in [5.74, 6) is -0.439. The number of nitrogens with one attached hydrogen (secondary N) is 2. The van der Waals surface area contributed by atoms with E-state index in [1.54, 1.807) is 6.92 Å². The number of methoxy groups -OCH3 is 1. The van der Waals surface area contributed by atoms with Crippen LogP contribution in [-0.2, 0) is 33.4 Å². The first-order valence-electron chi connectivity index (χ1n) is 18.4. The van der Waals surface area contributed by atoms with Gasteiger partial charge in [0.25, 0.3) is 0 Å². The first-order chi connectivity index (χ1) is 27.0. The lowest BCUT2D eigenvalue weighted by Crippen LogP contribution is -2.69. The van der Waals surface area contributed by atoms with Crippen molar-refractivity contribution in [1.29, 1.82) is 5.26 Å². The van der Waals surface area contributed by atoms with Crippen LogP contribution in [0.25, 0.3) is 6.08 Å². The van der Waals surface area contributed by atoms with E-state index in [0.29, 0.717) is 45.9 Å². The molecule has 7 rings (SSSR count). The summed E-state index contributed by atoms with van der Waals surface area (Å²) >= 11 is 0. The summed E-state index contributed by atoms with van der Waals surface area (Å²) in [5.41, 5.74) is 3.35. The van der Waals surface area contributed by atoms with Gasteiger partial charge in [0, 0.05) is 53.9 Å². The summed E-state index contributed by atoms with van der Waals surface area (Å²) in [4.78, 5) is 43.2. The molecule has 300 valence electrons. The van der Waals surface area contributed by atoms with E-state index in [4.69, 9.17) is 18.9 Å². The number of ether oxygens (including phenoxy) is 4. The number of nitriles is 1. The Morgan fingerprint density at radius 3 is 2.53 bits per heavy atom. The van der Waals surface area contributed by atoms with E-state index in [9.17, 15) is 37.9 Å². The van der Waals surface area contributed by atoms with Gasteiger partial charge in [-0.2, -0.15) is 18.4 Å². The molecule has 0 radical (unpaired) electrons. The van der Waals surface area contributed by atoms with Gasteiger partial charge < -0.3 is 34.7 Å². The number of phenols is 1. The van der Waals surface area contributed by atoms with Gasteiger partial charge in [0.2, 0.25) is 18.6 Å². The van der Waals surface area contributed by atoms with Gasteiger partial charge in [0.05, 0.1) is 30.8 Å². The molecule has 3 aromatic rings. The van der Waals surface area contributed by atoms with Gasteiger partial charge in [-0.25, -0.2) is 0 Å². The van der Waals surface area contributed by atoms with Crippen LogP contribution in [0.1, 0.15) is 70.4 Å². The molecular weight excluding hydrogens is 747 g/mol. The van der Waals surface area contributed by atoms with Crippen molar-refractivity contribution >= 4 is 23.9 Å². The number of alkyl halides is 3. The van der Waals surface area contributed by atoms with Crippen molar-refractivity contribution in [2.45, 2.75) is 83.0 Å². The number of carbonyl (C=O) groups is 3. The molecule has 2 amide bonds. The number of nitrogens with zero attached hydrogens (tertiary/aromatic N) is 3. The van der Waals surface area contributed by atoms with Crippen LogP contribution in [0, 0.1) is 25.2 Å². The Morgan fingerprint density at radius 2 is 1.84 bits per heavy atom. The monoisotopic (exact) mass is 789 g/mol. The number of aryl methyl sites for hydroxylation is 1. The Morgan fingerprint density at radius 1 is 1.11 bits per heavy atom. The van der Waals surface area contributed by atoms with Crippen LogP contribution in [0.4, 0.5) is 13.2 Å². The number of carbonyl (C=O) groups excluding carboxylic acids is 3. The van der Waals surface area contributed by atoms with E-state index >= 15 is 0 Å². The first-order valence-corrected chi connectivity index (χ1v) is 18.4. The molecule has 13 nitrogen and oxygen atoms in total. The summed E-state index contributed by atoms with van der Waals surface area (Å²) in [7, 11) is 3.41. The second kappa shape index (κ2) is 14.9. The summed E-state index contributed by atoms with van der Waals surface area (Å²) in [6.07, 6.45) is -1.58. The van der Waals surface area contributed by atoms with Gasteiger partial charge in [-0.1, -0.05) is 18.2 Å². The zero-order chi connectivity index (χ0) is 41.1. The number of rotatable bonds is 8. The standard InChI is InChI=1S/C41H42F3N5O8/c1-19-12-24-14-27-29(16-45)49-28(34(48(27)5)32(24)35(52)36(19)54-6)15-26-33(39-38(55-18-56-39)20(2)37(26)57-22(4)50)30(49)17-46-40(53)21(3)47-31(51)11-10-23-8-7-9-25(13-23)41(42,43)44/h7-13,21,27-30,34,52H,14-15,17-18H2,1-6H3,(H,46,53)(H,47,51)/b11-10+/t21-,27+,28?,29+,30+,34-/m1/s1. The fourth-order valence-electron chi connectivity index (χ4n) is 8.98. The number of piperazine rings is 1. The summed E-state index contributed by atoms with van der Waals surface area (Å²) in [6, 6.07) is 5.14. The fraction of sp³-hybridized carbons (Fsp3) is 0.415. The highest BCUT2D eigenvalue weighted by atomic mass is 19.4. The Bertz CT molecular complexity index is 2240. The van der Waals surface area contributed by atoms with Crippen LogP contribution in [-0.4, -0.2) is 84.4 Å². The zero-order valence-electron chi connectivity index (χ0n) is 32.1. The molecule has 4 heterocycles. The SMILES string of the molecule is COc1c(C)cc2c(c1O)[C@H]1C3Cc4c(OC(C)=O)c(C)c5c(c4[C@H](CNC(=O)[C@@H](C)NC(=O)/C=C/c4cccc(C(F)(F)F)c4)N3[C@@H](C#N)[C@H](C2)N1C)OCO5. The van der Waals surface area contributed by atoms with Crippen molar-refractivity contribution in [1.82, 2.24) is 20.4 Å². The number of aromatic hydroxyl groups is 1. The molecule has 0 spiro atoms. The molecule has 1 saturated heterocycles. The van der Waals surface area contributed by atoms with Crippen LogP contribution >= 0.6 is 0 Å². The molecule has 0 aliphatic carbocycles. The Labute approximate surface area is 326 Å². The van der Waals surface area contributed by atoms with E-state index in [1.807, 2.05) is 24.9 Å². The van der Waals surface area contributed by atoms with Crippen molar-refractivity contribution in [3.8, 4) is 34.8 Å². The van der Waals surface area contributed by atoms with Crippen LogP contribution in [0.2, 0.25) is 0 Å². The topological polar surface area (TPSA) is 163 Å². The first kappa shape index (κ1) is 39.4. The number of benzene rings is 3. The average Bonchev–Trinajstić information content (AvgIpc) is 3.65. The van der Waals surface area contributed by atoms with E-state index in [-0.39, 0.29) is 42.9 Å². The Balaban J connectivity index is 1.25. The number of amides is 2. The lowest BCUT2D eigenvalue weighted by atomic mass is 9.71. The minimum absolute atomic E-state index is 0.00237. The molecule has 16 heteroatoms. The third-order valence-electron chi connectivity index (χ3n) is 11.4. The highest BCUT2D eigenvalue weighted by Gasteiger charge is 2.57. The molecule has 3 aromatic carbocycles. The maximum atomic E-state index is 13.7. The molecule has 4 aliphatic rings. The van der Waals surface area contributed by atoms with Crippen LogP contribution < -0.4 is 29.6 Å². The molecule has 57 heavy (non-hydrogen) atoms.